The maximum Gasteiger partial charge on any atom is 0.337 e. The van der Waals surface area contributed by atoms with Crippen LogP contribution < -0.4 is 5.56 Å². The van der Waals surface area contributed by atoms with Crippen molar-refractivity contribution in [2.75, 3.05) is 0 Å². The van der Waals surface area contributed by atoms with E-state index in [2.05, 4.69) is 6.92 Å². The van der Waals surface area contributed by atoms with Gasteiger partial charge in [0.2, 0.25) is 0 Å². The molecule has 1 aromatic carbocycles. The number of carboxylic acids is 1. The first-order chi connectivity index (χ1) is 9.45. The molecule has 0 spiro atoms. The van der Waals surface area contributed by atoms with E-state index >= 15 is 0 Å². The van der Waals surface area contributed by atoms with Crippen LogP contribution in [0.25, 0.3) is 5.69 Å². The van der Waals surface area contributed by atoms with Gasteiger partial charge in [-0.05, 0) is 43.5 Å². The lowest BCUT2D eigenvalue weighted by molar-refractivity contribution is 0.0694. The molecular weight excluding hydrogens is 254 g/mol. The van der Waals surface area contributed by atoms with Gasteiger partial charge in [0.25, 0.3) is 5.56 Å². The highest BCUT2D eigenvalue weighted by Gasteiger charge is 2.16. The monoisotopic (exact) mass is 271 g/mol. The first kappa shape index (κ1) is 14.1. The Balaban J connectivity index is 2.70. The SMILES string of the molecule is CCc1ccc(-n2c(C)c(C(=O)O)c(C)cc2=O)cc1. The molecular formula is C16H17NO3. The molecule has 0 atom stereocenters. The van der Waals surface area contributed by atoms with Crippen LogP contribution in [0.2, 0.25) is 0 Å². The molecule has 0 aliphatic carbocycles. The number of aromatic nitrogens is 1. The maximum atomic E-state index is 12.2. The zero-order valence-corrected chi connectivity index (χ0v) is 11.8. The van der Waals surface area contributed by atoms with Gasteiger partial charge in [-0.3, -0.25) is 9.36 Å². The molecule has 4 nitrogen and oxygen atoms in total. The lowest BCUT2D eigenvalue weighted by Gasteiger charge is -2.14. The molecule has 0 aliphatic rings. The number of carbonyl (C=O) groups is 1. The number of carboxylic acid groups (broad SMARTS) is 1. The van der Waals surface area contributed by atoms with Gasteiger partial charge < -0.3 is 5.11 Å². The number of nitrogens with zero attached hydrogens (tertiary/aromatic N) is 1. The second kappa shape index (κ2) is 5.33. The smallest absolute Gasteiger partial charge is 0.337 e. The Morgan fingerprint density at radius 1 is 1.20 bits per heavy atom. The van der Waals surface area contributed by atoms with Crippen molar-refractivity contribution >= 4 is 5.97 Å². The fourth-order valence-electron chi connectivity index (χ4n) is 2.41. The Morgan fingerprint density at radius 2 is 1.80 bits per heavy atom. The van der Waals surface area contributed by atoms with Crippen molar-refractivity contribution in [1.29, 1.82) is 0 Å². The normalized spacial score (nSPS) is 10.6. The molecule has 0 radical (unpaired) electrons. The molecule has 2 aromatic rings. The Labute approximate surface area is 117 Å². The van der Waals surface area contributed by atoms with Crippen molar-refractivity contribution in [3.05, 3.63) is 63.1 Å². The van der Waals surface area contributed by atoms with Crippen molar-refractivity contribution in [3.63, 3.8) is 0 Å². The van der Waals surface area contributed by atoms with Gasteiger partial charge in [-0.25, -0.2) is 4.79 Å². The Kier molecular flexibility index (Phi) is 3.74. The van der Waals surface area contributed by atoms with Crippen molar-refractivity contribution in [2.24, 2.45) is 0 Å². The highest BCUT2D eigenvalue weighted by atomic mass is 16.4. The van der Waals surface area contributed by atoms with Gasteiger partial charge in [-0.15, -0.1) is 0 Å². The minimum Gasteiger partial charge on any atom is -0.478 e. The standard InChI is InChI=1S/C16H17NO3/c1-4-12-5-7-13(8-6-12)17-11(3)15(16(19)20)10(2)9-14(17)18/h5-9H,4H2,1-3H3,(H,19,20). The number of hydrogen-bond donors (Lipinski definition) is 1. The fraction of sp³-hybridized carbons (Fsp3) is 0.250. The molecule has 0 amide bonds. The Bertz CT molecular complexity index is 712. The molecule has 104 valence electrons. The summed E-state index contributed by atoms with van der Waals surface area (Å²) < 4.78 is 1.44. The zero-order chi connectivity index (χ0) is 14.9. The molecule has 0 aliphatic heterocycles. The van der Waals surface area contributed by atoms with Gasteiger partial charge in [-0.1, -0.05) is 19.1 Å². The number of aromatic carboxylic acids is 1. The van der Waals surface area contributed by atoms with Gasteiger partial charge >= 0.3 is 5.97 Å². The highest BCUT2D eigenvalue weighted by molar-refractivity contribution is 5.90. The van der Waals surface area contributed by atoms with Crippen molar-refractivity contribution in [3.8, 4) is 5.69 Å². The minimum absolute atomic E-state index is 0.184. The van der Waals surface area contributed by atoms with Gasteiger partial charge in [0, 0.05) is 17.4 Å². The summed E-state index contributed by atoms with van der Waals surface area (Å²) in [4.78, 5) is 23.5. The van der Waals surface area contributed by atoms with Crippen molar-refractivity contribution in [2.45, 2.75) is 27.2 Å². The van der Waals surface area contributed by atoms with Crippen LogP contribution >= 0.6 is 0 Å². The highest BCUT2D eigenvalue weighted by Crippen LogP contribution is 2.16. The average molecular weight is 271 g/mol. The molecule has 0 unspecified atom stereocenters. The third-order valence-corrected chi connectivity index (χ3v) is 3.47. The van der Waals surface area contributed by atoms with Crippen molar-refractivity contribution in [1.82, 2.24) is 4.57 Å². The molecule has 0 saturated carbocycles. The van der Waals surface area contributed by atoms with Crippen LogP contribution in [-0.2, 0) is 6.42 Å². The second-order valence-corrected chi connectivity index (χ2v) is 4.79. The van der Waals surface area contributed by atoms with E-state index in [0.717, 1.165) is 6.42 Å². The van der Waals surface area contributed by atoms with Crippen molar-refractivity contribution < 1.29 is 9.90 Å². The third-order valence-electron chi connectivity index (χ3n) is 3.47. The summed E-state index contributed by atoms with van der Waals surface area (Å²) in [6.45, 7) is 5.36. The summed E-state index contributed by atoms with van der Waals surface area (Å²) in [5, 5.41) is 9.28. The Hall–Kier alpha value is -2.36. The Morgan fingerprint density at radius 3 is 2.30 bits per heavy atom. The second-order valence-electron chi connectivity index (χ2n) is 4.79. The van der Waals surface area contributed by atoms with E-state index in [1.165, 1.54) is 16.2 Å². The number of hydrogen-bond acceptors (Lipinski definition) is 2. The maximum absolute atomic E-state index is 12.2. The van der Waals surface area contributed by atoms with E-state index in [-0.39, 0.29) is 11.1 Å². The molecule has 20 heavy (non-hydrogen) atoms. The number of pyridine rings is 1. The third kappa shape index (κ3) is 2.37. The van der Waals surface area contributed by atoms with E-state index in [1.54, 1.807) is 13.8 Å². The van der Waals surface area contributed by atoms with Gasteiger partial charge in [-0.2, -0.15) is 0 Å². The number of benzene rings is 1. The van der Waals surface area contributed by atoms with Gasteiger partial charge in [0.05, 0.1) is 5.56 Å². The van der Waals surface area contributed by atoms with Crippen LogP contribution in [0.1, 0.15) is 34.1 Å². The molecule has 4 heteroatoms. The fourth-order valence-corrected chi connectivity index (χ4v) is 2.41. The number of rotatable bonds is 3. The van der Waals surface area contributed by atoms with Crippen LogP contribution in [0, 0.1) is 13.8 Å². The molecule has 0 saturated heterocycles. The van der Waals surface area contributed by atoms with Crippen LogP contribution in [0.5, 0.6) is 0 Å². The first-order valence-electron chi connectivity index (χ1n) is 6.51. The molecule has 0 bridgehead atoms. The van der Waals surface area contributed by atoms with E-state index < -0.39 is 5.97 Å². The van der Waals surface area contributed by atoms with Crippen LogP contribution in [0.3, 0.4) is 0 Å². The first-order valence-corrected chi connectivity index (χ1v) is 6.51. The molecule has 2 rings (SSSR count). The molecule has 0 fully saturated rings. The summed E-state index contributed by atoms with van der Waals surface area (Å²) in [6, 6.07) is 8.94. The van der Waals surface area contributed by atoms with Crippen LogP contribution in [0.4, 0.5) is 0 Å². The topological polar surface area (TPSA) is 59.3 Å². The van der Waals surface area contributed by atoms with E-state index in [1.807, 2.05) is 24.3 Å². The quantitative estimate of drug-likeness (QED) is 0.933. The average Bonchev–Trinajstić information content (AvgIpc) is 2.38. The molecule has 1 heterocycles. The summed E-state index contributed by atoms with van der Waals surface area (Å²) in [5.41, 5.74) is 2.77. The van der Waals surface area contributed by atoms with Crippen LogP contribution in [-0.4, -0.2) is 15.6 Å². The van der Waals surface area contributed by atoms with E-state index in [4.69, 9.17) is 0 Å². The molecule has 1 N–H and O–H groups in total. The molecule has 1 aromatic heterocycles. The van der Waals surface area contributed by atoms with E-state index in [0.29, 0.717) is 16.9 Å². The van der Waals surface area contributed by atoms with Crippen LogP contribution in [0.15, 0.2) is 35.1 Å². The summed E-state index contributed by atoms with van der Waals surface area (Å²) in [7, 11) is 0. The minimum atomic E-state index is -1.01. The van der Waals surface area contributed by atoms with E-state index in [9.17, 15) is 14.7 Å². The van der Waals surface area contributed by atoms with Gasteiger partial charge in [0.15, 0.2) is 0 Å². The number of aryl methyl sites for hydroxylation is 2. The lowest BCUT2D eigenvalue weighted by atomic mass is 10.1. The summed E-state index contributed by atoms with van der Waals surface area (Å²) in [6.07, 6.45) is 0.919. The predicted molar refractivity (Wildman–Crippen MR) is 77.9 cm³/mol. The van der Waals surface area contributed by atoms with Gasteiger partial charge in [0.1, 0.15) is 0 Å². The largest absolute Gasteiger partial charge is 0.478 e. The summed E-state index contributed by atoms with van der Waals surface area (Å²) >= 11 is 0. The predicted octanol–water partition coefficient (Wildman–Crippen LogP) is 2.71. The lowest BCUT2D eigenvalue weighted by Crippen LogP contribution is -2.24. The summed E-state index contributed by atoms with van der Waals surface area (Å²) in [5.74, 6) is -1.01. The zero-order valence-electron chi connectivity index (χ0n) is 11.8.